The van der Waals surface area contributed by atoms with E-state index >= 15 is 0 Å². The van der Waals surface area contributed by atoms with Crippen molar-refractivity contribution in [3.8, 4) is 0 Å². The number of aromatic nitrogens is 4. The van der Waals surface area contributed by atoms with Gasteiger partial charge in [-0.3, -0.25) is 4.79 Å². The Bertz CT molecular complexity index is 690. The molecule has 1 unspecified atom stereocenters. The minimum Gasteiger partial charge on any atom is -0.375 e. The molecule has 3 rings (SSSR count). The number of anilines is 1. The van der Waals surface area contributed by atoms with Crippen LogP contribution in [0, 0.1) is 0 Å². The number of tetrazole rings is 1. The summed E-state index contributed by atoms with van der Waals surface area (Å²) >= 11 is 0. The van der Waals surface area contributed by atoms with Crippen LogP contribution in [0.5, 0.6) is 0 Å². The first kappa shape index (κ1) is 17.4. The number of rotatable bonds is 6. The average Bonchev–Trinajstić information content (AvgIpc) is 3.14. The number of hydrogen-bond acceptors (Lipinski definition) is 5. The van der Waals surface area contributed by atoms with Gasteiger partial charge in [-0.25, -0.2) is 4.68 Å². The number of nitrogens with one attached hydrogen (secondary N) is 2. The highest BCUT2D eigenvalue weighted by Crippen LogP contribution is 2.29. The highest BCUT2D eigenvalue weighted by atomic mass is 16.1. The number of likely N-dealkylation sites (N-methyl/N-ethyl adjacent to an activating group) is 1. The van der Waals surface area contributed by atoms with E-state index in [4.69, 9.17) is 0 Å². The Labute approximate surface area is 148 Å². The Morgan fingerprint density at radius 1 is 1.24 bits per heavy atom. The Morgan fingerprint density at radius 2 is 1.96 bits per heavy atom. The SMILES string of the molecule is CNC(=O)Cc1ccc(NC(C)c2nnnn2C2CCCCC2)cc1. The van der Waals surface area contributed by atoms with Crippen LogP contribution in [-0.2, 0) is 11.2 Å². The maximum absolute atomic E-state index is 11.4. The summed E-state index contributed by atoms with van der Waals surface area (Å²) in [6, 6.07) is 8.34. The fraction of sp³-hybridized carbons (Fsp3) is 0.556. The molecular weight excluding hydrogens is 316 g/mol. The second kappa shape index (κ2) is 8.09. The predicted octanol–water partition coefficient (Wildman–Crippen LogP) is 2.64. The summed E-state index contributed by atoms with van der Waals surface area (Å²) in [5.41, 5.74) is 1.98. The van der Waals surface area contributed by atoms with Crippen molar-refractivity contribution < 1.29 is 4.79 Å². The number of carbonyl (C=O) groups is 1. The molecule has 0 bridgehead atoms. The van der Waals surface area contributed by atoms with Crippen LogP contribution in [0.25, 0.3) is 0 Å². The molecule has 25 heavy (non-hydrogen) atoms. The molecule has 2 aromatic rings. The minimum atomic E-state index is 0.0146. The van der Waals surface area contributed by atoms with E-state index < -0.39 is 0 Å². The van der Waals surface area contributed by atoms with Crippen LogP contribution in [0.3, 0.4) is 0 Å². The summed E-state index contributed by atoms with van der Waals surface area (Å²) < 4.78 is 2.00. The maximum Gasteiger partial charge on any atom is 0.224 e. The third kappa shape index (κ3) is 4.35. The monoisotopic (exact) mass is 342 g/mol. The maximum atomic E-state index is 11.4. The Morgan fingerprint density at radius 3 is 2.64 bits per heavy atom. The summed E-state index contributed by atoms with van der Waals surface area (Å²) in [5.74, 6) is 0.891. The topological polar surface area (TPSA) is 84.7 Å². The van der Waals surface area contributed by atoms with E-state index in [9.17, 15) is 4.79 Å². The molecule has 1 heterocycles. The molecule has 1 aromatic carbocycles. The normalized spacial score (nSPS) is 16.4. The van der Waals surface area contributed by atoms with Crippen LogP contribution < -0.4 is 10.6 Å². The van der Waals surface area contributed by atoms with Crippen LogP contribution in [0.1, 0.15) is 62.5 Å². The number of hydrogen-bond donors (Lipinski definition) is 2. The van der Waals surface area contributed by atoms with E-state index in [-0.39, 0.29) is 11.9 Å². The molecule has 0 aliphatic heterocycles. The van der Waals surface area contributed by atoms with Gasteiger partial charge in [0.15, 0.2) is 5.82 Å². The molecule has 1 saturated carbocycles. The quantitative estimate of drug-likeness (QED) is 0.843. The number of nitrogens with zero attached hydrogens (tertiary/aromatic N) is 4. The fourth-order valence-corrected chi connectivity index (χ4v) is 3.38. The van der Waals surface area contributed by atoms with Crippen LogP contribution in [0.2, 0.25) is 0 Å². The molecule has 1 aromatic heterocycles. The molecule has 1 amide bonds. The van der Waals surface area contributed by atoms with Crippen LogP contribution in [-0.4, -0.2) is 33.2 Å². The summed E-state index contributed by atoms with van der Waals surface area (Å²) in [7, 11) is 1.65. The van der Waals surface area contributed by atoms with Gasteiger partial charge in [0, 0.05) is 12.7 Å². The fourth-order valence-electron chi connectivity index (χ4n) is 3.38. The van der Waals surface area contributed by atoms with E-state index in [0.717, 1.165) is 29.9 Å². The van der Waals surface area contributed by atoms with Gasteiger partial charge in [-0.2, -0.15) is 0 Å². The predicted molar refractivity (Wildman–Crippen MR) is 96.2 cm³/mol. The summed E-state index contributed by atoms with van der Waals surface area (Å²) in [5, 5.41) is 18.5. The second-order valence-corrected chi connectivity index (χ2v) is 6.69. The van der Waals surface area contributed by atoms with Crippen molar-refractivity contribution in [2.24, 2.45) is 0 Å². The van der Waals surface area contributed by atoms with Gasteiger partial charge in [0.1, 0.15) is 0 Å². The molecule has 0 spiro atoms. The van der Waals surface area contributed by atoms with Gasteiger partial charge >= 0.3 is 0 Å². The molecule has 1 aliphatic carbocycles. The highest BCUT2D eigenvalue weighted by molar-refractivity contribution is 5.78. The van der Waals surface area contributed by atoms with E-state index in [0.29, 0.717) is 12.5 Å². The first-order valence-electron chi connectivity index (χ1n) is 9.01. The molecule has 0 radical (unpaired) electrons. The first-order chi connectivity index (χ1) is 12.2. The molecule has 0 saturated heterocycles. The highest BCUT2D eigenvalue weighted by Gasteiger charge is 2.22. The lowest BCUT2D eigenvalue weighted by Crippen LogP contribution is -2.21. The smallest absolute Gasteiger partial charge is 0.224 e. The first-order valence-corrected chi connectivity index (χ1v) is 9.01. The molecule has 1 atom stereocenters. The Kier molecular flexibility index (Phi) is 5.63. The van der Waals surface area contributed by atoms with Crippen LogP contribution in [0.4, 0.5) is 5.69 Å². The van der Waals surface area contributed by atoms with Gasteiger partial charge in [0.05, 0.1) is 18.5 Å². The lowest BCUT2D eigenvalue weighted by molar-refractivity contribution is -0.119. The molecule has 7 heteroatoms. The van der Waals surface area contributed by atoms with E-state index in [1.54, 1.807) is 7.05 Å². The summed E-state index contributed by atoms with van der Waals surface area (Å²) in [4.78, 5) is 11.4. The van der Waals surface area contributed by atoms with Crippen molar-refractivity contribution >= 4 is 11.6 Å². The zero-order chi connectivity index (χ0) is 17.6. The molecule has 7 nitrogen and oxygen atoms in total. The van der Waals surface area contributed by atoms with Gasteiger partial charge in [0.2, 0.25) is 5.91 Å². The average molecular weight is 342 g/mol. The lowest BCUT2D eigenvalue weighted by atomic mass is 9.95. The van der Waals surface area contributed by atoms with Crippen molar-refractivity contribution in [2.45, 2.75) is 57.5 Å². The Hall–Kier alpha value is -2.44. The van der Waals surface area contributed by atoms with Crippen LogP contribution in [0.15, 0.2) is 24.3 Å². The summed E-state index contributed by atoms with van der Waals surface area (Å²) in [6.45, 7) is 2.07. The van der Waals surface area contributed by atoms with Gasteiger partial charge in [0.25, 0.3) is 0 Å². The number of carbonyl (C=O) groups excluding carboxylic acids is 1. The molecule has 1 aliphatic rings. The van der Waals surface area contributed by atoms with Crippen molar-refractivity contribution in [1.82, 2.24) is 25.5 Å². The second-order valence-electron chi connectivity index (χ2n) is 6.69. The molecule has 2 N–H and O–H groups in total. The number of amides is 1. The zero-order valence-corrected chi connectivity index (χ0v) is 14.9. The van der Waals surface area contributed by atoms with Crippen molar-refractivity contribution in [2.75, 3.05) is 12.4 Å². The number of benzene rings is 1. The van der Waals surface area contributed by atoms with E-state index in [2.05, 4.69) is 33.1 Å². The van der Waals surface area contributed by atoms with Crippen molar-refractivity contribution in [3.63, 3.8) is 0 Å². The van der Waals surface area contributed by atoms with Crippen molar-refractivity contribution in [3.05, 3.63) is 35.7 Å². The van der Waals surface area contributed by atoms with Gasteiger partial charge in [-0.1, -0.05) is 31.4 Å². The van der Waals surface area contributed by atoms with Gasteiger partial charge < -0.3 is 10.6 Å². The zero-order valence-electron chi connectivity index (χ0n) is 14.9. The van der Waals surface area contributed by atoms with E-state index in [1.807, 2.05) is 28.9 Å². The largest absolute Gasteiger partial charge is 0.375 e. The van der Waals surface area contributed by atoms with E-state index in [1.165, 1.54) is 19.3 Å². The third-order valence-electron chi connectivity index (χ3n) is 4.81. The third-order valence-corrected chi connectivity index (χ3v) is 4.81. The summed E-state index contributed by atoms with van der Waals surface area (Å²) in [6.07, 6.45) is 6.51. The minimum absolute atomic E-state index is 0.0146. The molecule has 134 valence electrons. The Balaban J connectivity index is 1.65. The molecular formula is C18H26N6O. The van der Waals surface area contributed by atoms with Gasteiger partial charge in [-0.15, -0.1) is 5.10 Å². The lowest BCUT2D eigenvalue weighted by Gasteiger charge is -2.24. The van der Waals surface area contributed by atoms with Gasteiger partial charge in [-0.05, 0) is 47.9 Å². The van der Waals surface area contributed by atoms with Crippen LogP contribution >= 0.6 is 0 Å². The van der Waals surface area contributed by atoms with Crippen molar-refractivity contribution in [1.29, 1.82) is 0 Å². The molecule has 1 fully saturated rings. The standard InChI is InChI=1S/C18H26N6O/c1-13(18-21-22-23-24(18)16-6-4-3-5-7-16)20-15-10-8-14(9-11-15)12-17(25)19-2/h8-11,13,16,20H,3-7,12H2,1-2H3,(H,19,25).